The Labute approximate surface area is 98.5 Å². The summed E-state index contributed by atoms with van der Waals surface area (Å²) in [5.74, 6) is 1.11. The van der Waals surface area contributed by atoms with Gasteiger partial charge in [0.1, 0.15) is 0 Å². The van der Waals surface area contributed by atoms with Crippen LogP contribution in [0.4, 0.5) is 0 Å². The monoisotopic (exact) mass is 241 g/mol. The molecule has 0 aromatic heterocycles. The molecule has 1 atom stereocenters. The summed E-state index contributed by atoms with van der Waals surface area (Å²) in [4.78, 5) is 11.7. The zero-order chi connectivity index (χ0) is 11.5. The maximum atomic E-state index is 11.7. The van der Waals surface area contributed by atoms with Crippen LogP contribution in [0.15, 0.2) is 18.2 Å². The molecule has 0 radical (unpaired) electrons. The van der Waals surface area contributed by atoms with E-state index in [4.69, 9.17) is 21.1 Å². The second-order valence-electron chi connectivity index (χ2n) is 3.56. The first-order valence-corrected chi connectivity index (χ1v) is 5.42. The van der Waals surface area contributed by atoms with Gasteiger partial charge in [-0.3, -0.25) is 4.79 Å². The van der Waals surface area contributed by atoms with Crippen molar-refractivity contribution in [3.63, 3.8) is 0 Å². The number of hydrogen-bond acceptors (Lipinski definition) is 3. The molecule has 1 aromatic carbocycles. The minimum Gasteiger partial charge on any atom is -0.454 e. The van der Waals surface area contributed by atoms with Gasteiger partial charge in [-0.15, -0.1) is 11.6 Å². The average molecular weight is 242 g/mol. The Balaban J connectivity index is 2.06. The number of fused-ring (bicyclic) bond motifs is 1. The summed E-state index contributed by atoms with van der Waals surface area (Å²) in [5, 5.41) is 2.64. The number of nitrogens with one attached hydrogen (secondary N) is 1. The van der Waals surface area contributed by atoms with Gasteiger partial charge in [-0.2, -0.15) is 0 Å². The van der Waals surface area contributed by atoms with Gasteiger partial charge >= 0.3 is 0 Å². The van der Waals surface area contributed by atoms with E-state index >= 15 is 0 Å². The maximum absolute atomic E-state index is 11.7. The number of halogens is 1. The van der Waals surface area contributed by atoms with E-state index in [1.54, 1.807) is 18.2 Å². The summed E-state index contributed by atoms with van der Waals surface area (Å²) in [6.07, 6.45) is 0. The van der Waals surface area contributed by atoms with Crippen LogP contribution in [0, 0.1) is 0 Å². The standard InChI is InChI=1S/C11H12ClNO3/c1-7(12)5-13-11(14)8-2-3-9-10(4-8)16-6-15-9/h2-4,7H,5-6H2,1H3,(H,13,14). The molecule has 0 saturated heterocycles. The predicted molar refractivity (Wildman–Crippen MR) is 60.2 cm³/mol. The van der Waals surface area contributed by atoms with Gasteiger partial charge in [-0.1, -0.05) is 0 Å². The lowest BCUT2D eigenvalue weighted by Crippen LogP contribution is -2.28. The van der Waals surface area contributed by atoms with Crippen LogP contribution in [0.1, 0.15) is 17.3 Å². The van der Waals surface area contributed by atoms with Crippen molar-refractivity contribution in [3.8, 4) is 11.5 Å². The lowest BCUT2D eigenvalue weighted by Gasteiger charge is -2.06. The molecule has 16 heavy (non-hydrogen) atoms. The topological polar surface area (TPSA) is 47.6 Å². The largest absolute Gasteiger partial charge is 0.454 e. The number of carbonyl (C=O) groups excluding carboxylic acids is 1. The number of hydrogen-bond donors (Lipinski definition) is 1. The number of amides is 1. The van der Waals surface area contributed by atoms with Crippen molar-refractivity contribution in [3.05, 3.63) is 23.8 Å². The molecule has 1 aliphatic rings. The zero-order valence-corrected chi connectivity index (χ0v) is 9.58. The van der Waals surface area contributed by atoms with Gasteiger partial charge in [-0.05, 0) is 25.1 Å². The molecule has 0 saturated carbocycles. The SMILES string of the molecule is CC(Cl)CNC(=O)c1ccc2c(c1)OCO2. The van der Waals surface area contributed by atoms with E-state index in [9.17, 15) is 4.79 Å². The third-order valence-electron chi connectivity index (χ3n) is 2.18. The second kappa shape index (κ2) is 4.61. The van der Waals surface area contributed by atoms with Gasteiger partial charge in [-0.25, -0.2) is 0 Å². The van der Waals surface area contributed by atoms with Crippen molar-refractivity contribution in [1.82, 2.24) is 5.32 Å². The summed E-state index contributed by atoms with van der Waals surface area (Å²) in [6, 6.07) is 5.08. The highest BCUT2D eigenvalue weighted by atomic mass is 35.5. The molecule has 0 aliphatic carbocycles. The highest BCUT2D eigenvalue weighted by molar-refractivity contribution is 6.20. The normalized spacial score (nSPS) is 14.6. The van der Waals surface area contributed by atoms with Crippen molar-refractivity contribution >= 4 is 17.5 Å². The molecule has 5 heteroatoms. The smallest absolute Gasteiger partial charge is 0.251 e. The molecule has 86 valence electrons. The third-order valence-corrected chi connectivity index (χ3v) is 2.33. The summed E-state index contributed by atoms with van der Waals surface area (Å²) in [7, 11) is 0. The molecule has 0 fully saturated rings. The van der Waals surface area contributed by atoms with Gasteiger partial charge in [0.05, 0.1) is 0 Å². The van der Waals surface area contributed by atoms with Gasteiger partial charge in [0, 0.05) is 17.5 Å². The number of carbonyl (C=O) groups is 1. The van der Waals surface area contributed by atoms with Gasteiger partial charge in [0.2, 0.25) is 6.79 Å². The highest BCUT2D eigenvalue weighted by Crippen LogP contribution is 2.32. The molecule has 1 heterocycles. The first-order valence-electron chi connectivity index (χ1n) is 4.99. The van der Waals surface area contributed by atoms with E-state index in [-0.39, 0.29) is 18.1 Å². The zero-order valence-electron chi connectivity index (χ0n) is 8.83. The molecule has 1 amide bonds. The van der Waals surface area contributed by atoms with Crippen molar-refractivity contribution < 1.29 is 14.3 Å². The van der Waals surface area contributed by atoms with Crippen LogP contribution >= 0.6 is 11.6 Å². The fourth-order valence-electron chi connectivity index (χ4n) is 1.37. The van der Waals surface area contributed by atoms with Gasteiger partial charge in [0.15, 0.2) is 11.5 Å². The number of alkyl halides is 1. The Morgan fingerprint density at radius 1 is 1.50 bits per heavy atom. The Bertz CT molecular complexity index is 406. The van der Waals surface area contributed by atoms with E-state index in [0.717, 1.165) is 0 Å². The van der Waals surface area contributed by atoms with Crippen LogP contribution < -0.4 is 14.8 Å². The Kier molecular flexibility index (Phi) is 3.19. The van der Waals surface area contributed by atoms with Gasteiger partial charge in [0.25, 0.3) is 5.91 Å². The molecule has 2 rings (SSSR count). The van der Waals surface area contributed by atoms with E-state index in [1.165, 1.54) is 0 Å². The molecular formula is C11H12ClNO3. The summed E-state index contributed by atoms with van der Waals surface area (Å²) < 4.78 is 10.3. The Morgan fingerprint density at radius 2 is 2.25 bits per heavy atom. The van der Waals surface area contributed by atoms with Crippen LogP contribution in [-0.4, -0.2) is 24.6 Å². The predicted octanol–water partition coefficient (Wildman–Crippen LogP) is 1.77. The number of benzene rings is 1. The van der Waals surface area contributed by atoms with E-state index in [2.05, 4.69) is 5.32 Å². The Morgan fingerprint density at radius 3 is 3.00 bits per heavy atom. The molecule has 1 aromatic rings. The first-order chi connectivity index (χ1) is 7.66. The number of rotatable bonds is 3. The first kappa shape index (κ1) is 11.1. The molecule has 0 spiro atoms. The summed E-state index contributed by atoms with van der Waals surface area (Å²) >= 11 is 5.74. The molecule has 1 unspecified atom stereocenters. The van der Waals surface area contributed by atoms with Crippen molar-refractivity contribution in [2.45, 2.75) is 12.3 Å². The maximum Gasteiger partial charge on any atom is 0.251 e. The Hall–Kier alpha value is -1.42. The minimum atomic E-state index is -0.161. The average Bonchev–Trinajstić information content (AvgIpc) is 2.72. The molecule has 1 N–H and O–H groups in total. The fraction of sp³-hybridized carbons (Fsp3) is 0.364. The van der Waals surface area contributed by atoms with Crippen LogP contribution in [0.5, 0.6) is 11.5 Å². The second-order valence-corrected chi connectivity index (χ2v) is 4.30. The van der Waals surface area contributed by atoms with Crippen molar-refractivity contribution in [2.24, 2.45) is 0 Å². The molecule has 1 aliphatic heterocycles. The third kappa shape index (κ3) is 2.39. The van der Waals surface area contributed by atoms with E-state index in [0.29, 0.717) is 23.6 Å². The highest BCUT2D eigenvalue weighted by Gasteiger charge is 2.16. The lowest BCUT2D eigenvalue weighted by atomic mass is 10.2. The van der Waals surface area contributed by atoms with Crippen LogP contribution in [0.2, 0.25) is 0 Å². The summed E-state index contributed by atoms with van der Waals surface area (Å²) in [6.45, 7) is 2.47. The lowest BCUT2D eigenvalue weighted by molar-refractivity contribution is 0.0953. The minimum absolute atomic E-state index is 0.0852. The van der Waals surface area contributed by atoms with Crippen LogP contribution in [0.25, 0.3) is 0 Å². The van der Waals surface area contributed by atoms with E-state index < -0.39 is 0 Å². The molecular weight excluding hydrogens is 230 g/mol. The quantitative estimate of drug-likeness (QED) is 0.821. The van der Waals surface area contributed by atoms with Crippen molar-refractivity contribution in [1.29, 1.82) is 0 Å². The number of ether oxygens (including phenoxy) is 2. The van der Waals surface area contributed by atoms with Crippen LogP contribution in [0.3, 0.4) is 0 Å². The summed E-state index contributed by atoms with van der Waals surface area (Å²) in [5.41, 5.74) is 0.543. The van der Waals surface area contributed by atoms with E-state index in [1.807, 2.05) is 6.92 Å². The van der Waals surface area contributed by atoms with Crippen LogP contribution in [-0.2, 0) is 0 Å². The fourth-order valence-corrected chi connectivity index (χ4v) is 1.45. The molecule has 0 bridgehead atoms. The van der Waals surface area contributed by atoms with Crippen molar-refractivity contribution in [2.75, 3.05) is 13.3 Å². The van der Waals surface area contributed by atoms with Gasteiger partial charge < -0.3 is 14.8 Å². The molecule has 4 nitrogen and oxygen atoms in total.